The highest BCUT2D eigenvalue weighted by Gasteiger charge is 2.16. The number of nitrogens with one attached hydrogen (secondary N) is 1. The number of ether oxygens (including phenoxy) is 1. The Kier molecular flexibility index (Phi) is 6.80. The van der Waals surface area contributed by atoms with E-state index in [1.54, 1.807) is 33.2 Å². The number of hydrogen-bond donors (Lipinski definition) is 1. The van der Waals surface area contributed by atoms with Crippen LogP contribution in [0.1, 0.15) is 28.4 Å². The van der Waals surface area contributed by atoms with Crippen LogP contribution in [0.4, 0.5) is 0 Å². The van der Waals surface area contributed by atoms with Crippen molar-refractivity contribution in [2.24, 2.45) is 0 Å². The zero-order valence-electron chi connectivity index (χ0n) is 15.4. The van der Waals surface area contributed by atoms with E-state index in [2.05, 4.69) is 21.2 Å². The lowest BCUT2D eigenvalue weighted by molar-refractivity contribution is -0.127. The third kappa shape index (κ3) is 5.33. The fraction of sp³-hybridized carbons (Fsp3) is 0.300. The Hall–Kier alpha value is -2.34. The number of aryl methyl sites for hydroxylation is 1. The van der Waals surface area contributed by atoms with E-state index in [1.165, 1.54) is 4.90 Å². The van der Waals surface area contributed by atoms with Crippen molar-refractivity contribution in [3.05, 3.63) is 63.6 Å². The predicted molar refractivity (Wildman–Crippen MR) is 105 cm³/mol. The summed E-state index contributed by atoms with van der Waals surface area (Å²) in [6, 6.07) is 12.9. The third-order valence-corrected chi connectivity index (χ3v) is 4.45. The predicted octanol–water partition coefficient (Wildman–Crippen LogP) is 3.54. The van der Waals surface area contributed by atoms with Crippen molar-refractivity contribution in [2.45, 2.75) is 26.5 Å². The van der Waals surface area contributed by atoms with E-state index in [4.69, 9.17) is 4.74 Å². The molecule has 0 aliphatic rings. The highest BCUT2D eigenvalue weighted by atomic mass is 79.9. The summed E-state index contributed by atoms with van der Waals surface area (Å²) in [5, 5.41) is 2.85. The van der Waals surface area contributed by atoms with Crippen LogP contribution in [0.25, 0.3) is 0 Å². The quantitative estimate of drug-likeness (QED) is 0.780. The van der Waals surface area contributed by atoms with E-state index in [1.807, 2.05) is 37.3 Å². The average Bonchev–Trinajstić information content (AvgIpc) is 2.61. The normalized spacial score (nSPS) is 11.6. The molecule has 26 heavy (non-hydrogen) atoms. The second kappa shape index (κ2) is 8.85. The van der Waals surface area contributed by atoms with Gasteiger partial charge in [-0.25, -0.2) is 0 Å². The number of carbonyl (C=O) groups is 2. The first kappa shape index (κ1) is 20.0. The van der Waals surface area contributed by atoms with Crippen LogP contribution >= 0.6 is 15.9 Å². The third-order valence-electron chi connectivity index (χ3n) is 3.83. The minimum absolute atomic E-state index is 0.0497. The summed E-state index contributed by atoms with van der Waals surface area (Å²) >= 11 is 3.44. The monoisotopic (exact) mass is 418 g/mol. The standard InChI is InChI=1S/C20H23BrN2O3/c1-13-5-10-18(17(21)11-13)26-14(2)19(24)22-12-15-6-8-16(9-7-15)20(25)23(3)4/h5-11,14H,12H2,1-4H3,(H,22,24). The lowest BCUT2D eigenvalue weighted by Gasteiger charge is -2.16. The number of hydrogen-bond acceptors (Lipinski definition) is 3. The first-order valence-electron chi connectivity index (χ1n) is 8.29. The van der Waals surface area contributed by atoms with Gasteiger partial charge in [0.1, 0.15) is 5.75 Å². The number of amides is 2. The molecule has 0 aliphatic heterocycles. The zero-order valence-corrected chi connectivity index (χ0v) is 17.0. The molecule has 1 atom stereocenters. The Bertz CT molecular complexity index is 788. The van der Waals surface area contributed by atoms with Crippen LogP contribution in [0.3, 0.4) is 0 Å². The molecular formula is C20H23BrN2O3. The van der Waals surface area contributed by atoms with Crippen LogP contribution in [-0.4, -0.2) is 36.9 Å². The van der Waals surface area contributed by atoms with Crippen molar-refractivity contribution in [3.63, 3.8) is 0 Å². The molecule has 0 aromatic heterocycles. The molecule has 1 N–H and O–H groups in total. The minimum atomic E-state index is -0.622. The molecule has 0 aliphatic carbocycles. The lowest BCUT2D eigenvalue weighted by atomic mass is 10.1. The molecule has 2 rings (SSSR count). The molecule has 0 radical (unpaired) electrons. The summed E-state index contributed by atoms with van der Waals surface area (Å²) in [6.45, 7) is 4.07. The topological polar surface area (TPSA) is 58.6 Å². The highest BCUT2D eigenvalue weighted by Crippen LogP contribution is 2.26. The molecule has 2 aromatic rings. The van der Waals surface area contributed by atoms with Crippen LogP contribution in [0.2, 0.25) is 0 Å². The molecule has 0 saturated carbocycles. The average molecular weight is 419 g/mol. The van der Waals surface area contributed by atoms with Crippen LogP contribution in [0, 0.1) is 6.92 Å². The summed E-state index contributed by atoms with van der Waals surface area (Å²) in [4.78, 5) is 25.6. The van der Waals surface area contributed by atoms with Crippen molar-refractivity contribution < 1.29 is 14.3 Å². The molecule has 0 bridgehead atoms. The van der Waals surface area contributed by atoms with Gasteiger partial charge in [0.2, 0.25) is 0 Å². The molecule has 5 nitrogen and oxygen atoms in total. The first-order valence-corrected chi connectivity index (χ1v) is 9.08. The van der Waals surface area contributed by atoms with E-state index < -0.39 is 6.10 Å². The van der Waals surface area contributed by atoms with Gasteiger partial charge in [-0.15, -0.1) is 0 Å². The fourth-order valence-corrected chi connectivity index (χ4v) is 2.89. The zero-order chi connectivity index (χ0) is 19.3. The summed E-state index contributed by atoms with van der Waals surface area (Å²) < 4.78 is 6.54. The maximum atomic E-state index is 12.3. The Morgan fingerprint density at radius 1 is 1.15 bits per heavy atom. The molecule has 138 valence electrons. The van der Waals surface area contributed by atoms with Crippen LogP contribution in [0.15, 0.2) is 46.9 Å². The highest BCUT2D eigenvalue weighted by molar-refractivity contribution is 9.10. The second-order valence-corrected chi connectivity index (χ2v) is 7.16. The van der Waals surface area contributed by atoms with Crippen molar-refractivity contribution in [1.82, 2.24) is 10.2 Å². The molecule has 2 aromatic carbocycles. The van der Waals surface area contributed by atoms with Crippen LogP contribution in [-0.2, 0) is 11.3 Å². The summed E-state index contributed by atoms with van der Waals surface area (Å²) in [5.74, 6) is 0.377. The maximum Gasteiger partial charge on any atom is 0.261 e. The Labute approximate surface area is 162 Å². The fourth-order valence-electron chi connectivity index (χ4n) is 2.30. The summed E-state index contributed by atoms with van der Waals surface area (Å²) in [5.41, 5.74) is 2.64. The summed E-state index contributed by atoms with van der Waals surface area (Å²) in [6.07, 6.45) is -0.622. The molecule has 2 amide bonds. The maximum absolute atomic E-state index is 12.3. The first-order chi connectivity index (χ1) is 12.3. The summed E-state index contributed by atoms with van der Waals surface area (Å²) in [7, 11) is 3.43. The minimum Gasteiger partial charge on any atom is -0.480 e. The van der Waals surface area contributed by atoms with Gasteiger partial charge in [0.05, 0.1) is 4.47 Å². The lowest BCUT2D eigenvalue weighted by Crippen LogP contribution is -2.36. The number of benzene rings is 2. The number of rotatable bonds is 6. The number of halogens is 1. The SMILES string of the molecule is Cc1ccc(OC(C)C(=O)NCc2ccc(C(=O)N(C)C)cc2)c(Br)c1. The smallest absolute Gasteiger partial charge is 0.261 e. The molecule has 0 heterocycles. The second-order valence-electron chi connectivity index (χ2n) is 6.31. The van der Waals surface area contributed by atoms with Gasteiger partial charge >= 0.3 is 0 Å². The van der Waals surface area contributed by atoms with Gasteiger partial charge < -0.3 is 15.0 Å². The molecule has 0 saturated heterocycles. The molecule has 1 unspecified atom stereocenters. The van der Waals surface area contributed by atoms with Crippen molar-refractivity contribution in [1.29, 1.82) is 0 Å². The van der Waals surface area contributed by atoms with E-state index in [0.717, 1.165) is 15.6 Å². The Balaban J connectivity index is 1.90. The van der Waals surface area contributed by atoms with E-state index in [9.17, 15) is 9.59 Å². The van der Waals surface area contributed by atoms with E-state index >= 15 is 0 Å². The molecule has 6 heteroatoms. The van der Waals surface area contributed by atoms with Crippen LogP contribution < -0.4 is 10.1 Å². The number of carbonyl (C=O) groups excluding carboxylic acids is 2. The Morgan fingerprint density at radius 3 is 2.38 bits per heavy atom. The van der Waals surface area contributed by atoms with E-state index in [0.29, 0.717) is 17.9 Å². The van der Waals surface area contributed by atoms with Gasteiger partial charge in [0, 0.05) is 26.2 Å². The van der Waals surface area contributed by atoms with Crippen LogP contribution in [0.5, 0.6) is 5.75 Å². The van der Waals surface area contributed by atoms with Gasteiger partial charge in [-0.05, 0) is 65.2 Å². The van der Waals surface area contributed by atoms with Gasteiger partial charge in [0.25, 0.3) is 11.8 Å². The molecule has 0 spiro atoms. The van der Waals surface area contributed by atoms with Gasteiger partial charge in [0.15, 0.2) is 6.10 Å². The van der Waals surface area contributed by atoms with Crippen molar-refractivity contribution in [3.8, 4) is 5.75 Å². The van der Waals surface area contributed by atoms with Crippen molar-refractivity contribution >= 4 is 27.7 Å². The van der Waals surface area contributed by atoms with Gasteiger partial charge in [-0.1, -0.05) is 18.2 Å². The van der Waals surface area contributed by atoms with Gasteiger partial charge in [-0.2, -0.15) is 0 Å². The van der Waals surface area contributed by atoms with Gasteiger partial charge in [-0.3, -0.25) is 9.59 Å². The van der Waals surface area contributed by atoms with Crippen molar-refractivity contribution in [2.75, 3.05) is 14.1 Å². The van der Waals surface area contributed by atoms with E-state index in [-0.39, 0.29) is 11.8 Å². The largest absolute Gasteiger partial charge is 0.480 e. The Morgan fingerprint density at radius 2 is 1.81 bits per heavy atom. The molecule has 0 fully saturated rings. The molecular weight excluding hydrogens is 396 g/mol. The number of nitrogens with zero attached hydrogens (tertiary/aromatic N) is 1.